The highest BCUT2D eigenvalue weighted by Crippen LogP contribution is 2.41. The van der Waals surface area contributed by atoms with E-state index in [0.717, 1.165) is 16.8 Å². The normalized spacial score (nSPS) is 20.3. The molecule has 5 nitrogen and oxygen atoms in total. The van der Waals surface area contributed by atoms with Gasteiger partial charge in [0.2, 0.25) is 0 Å². The Kier molecular flexibility index (Phi) is 4.86. The maximum Gasteiger partial charge on any atom is 0.396 e. The van der Waals surface area contributed by atoms with Gasteiger partial charge >= 0.3 is 12.1 Å². The first-order valence-corrected chi connectivity index (χ1v) is 8.63. The Morgan fingerprint density at radius 3 is 2.62 bits per heavy atom. The van der Waals surface area contributed by atoms with Gasteiger partial charge in [-0.15, -0.1) is 0 Å². The Hall–Kier alpha value is -1.88. The van der Waals surface area contributed by atoms with Crippen molar-refractivity contribution in [2.75, 3.05) is 0 Å². The van der Waals surface area contributed by atoms with Gasteiger partial charge in [0, 0.05) is 10.4 Å². The number of aromatic carboxylic acids is 1. The molecule has 2 unspecified atom stereocenters. The number of allylic oxidation sites excluding steroid dienone is 4. The third kappa shape index (κ3) is 3.25. The first kappa shape index (κ1) is 18.9. The van der Waals surface area contributed by atoms with Gasteiger partial charge in [-0.1, -0.05) is 23.8 Å². The summed E-state index contributed by atoms with van der Waals surface area (Å²) in [6.45, 7) is 0. The number of carboxylic acids is 1. The molecule has 0 aliphatic heterocycles. The SMILES string of the molecule is O=C(O)c1ccc2c(I)nn(C(=O)C3C(Cl)=CC=CC3C(F)(F)F)c2c1. The maximum atomic E-state index is 13.3. The van der Waals surface area contributed by atoms with E-state index in [-0.39, 0.29) is 16.1 Å². The fraction of sp³-hybridized carbons (Fsp3) is 0.188. The van der Waals surface area contributed by atoms with Gasteiger partial charge in [0.25, 0.3) is 5.91 Å². The minimum absolute atomic E-state index is 0.110. The molecule has 1 N–H and O–H groups in total. The largest absolute Gasteiger partial charge is 0.478 e. The van der Waals surface area contributed by atoms with E-state index in [2.05, 4.69) is 5.10 Å². The molecule has 1 aliphatic rings. The number of carbonyl (C=O) groups excluding carboxylic acids is 1. The molecule has 0 amide bonds. The van der Waals surface area contributed by atoms with E-state index in [9.17, 15) is 22.8 Å². The molecular formula is C16H9ClF3IN2O3. The fourth-order valence-corrected chi connectivity index (χ4v) is 3.71. The fourth-order valence-electron chi connectivity index (χ4n) is 2.73. The lowest BCUT2D eigenvalue weighted by Crippen LogP contribution is -2.37. The summed E-state index contributed by atoms with van der Waals surface area (Å²) in [5.41, 5.74) is -0.000329. The maximum absolute atomic E-state index is 13.3. The van der Waals surface area contributed by atoms with E-state index in [0.29, 0.717) is 9.09 Å². The third-order valence-electron chi connectivity index (χ3n) is 3.97. The Labute approximate surface area is 163 Å². The molecule has 0 saturated heterocycles. The van der Waals surface area contributed by atoms with Crippen molar-refractivity contribution in [1.29, 1.82) is 0 Å². The molecule has 0 radical (unpaired) electrons. The van der Waals surface area contributed by atoms with Crippen molar-refractivity contribution in [1.82, 2.24) is 9.78 Å². The molecular weight excluding hydrogens is 488 g/mol. The summed E-state index contributed by atoms with van der Waals surface area (Å²) in [4.78, 5) is 24.0. The lowest BCUT2D eigenvalue weighted by molar-refractivity contribution is -0.167. The van der Waals surface area contributed by atoms with Crippen LogP contribution in [0.5, 0.6) is 0 Å². The van der Waals surface area contributed by atoms with Crippen LogP contribution in [-0.4, -0.2) is 32.9 Å². The van der Waals surface area contributed by atoms with Crippen LogP contribution in [-0.2, 0) is 0 Å². The van der Waals surface area contributed by atoms with Gasteiger partial charge in [0.15, 0.2) is 0 Å². The first-order valence-electron chi connectivity index (χ1n) is 7.17. The average Bonchev–Trinajstić information content (AvgIpc) is 2.89. The number of rotatable bonds is 2. The summed E-state index contributed by atoms with van der Waals surface area (Å²) in [6.07, 6.45) is -1.43. The molecule has 1 aromatic carbocycles. The van der Waals surface area contributed by atoms with Gasteiger partial charge in [-0.2, -0.15) is 23.0 Å². The molecule has 0 fully saturated rings. The number of nitrogens with zero attached hydrogens (tertiary/aromatic N) is 2. The molecule has 26 heavy (non-hydrogen) atoms. The monoisotopic (exact) mass is 496 g/mol. The van der Waals surface area contributed by atoms with Crippen molar-refractivity contribution >= 4 is 57.0 Å². The van der Waals surface area contributed by atoms with Crippen molar-refractivity contribution in [3.8, 4) is 0 Å². The topological polar surface area (TPSA) is 72.2 Å². The van der Waals surface area contributed by atoms with Gasteiger partial charge in [-0.05, 0) is 46.9 Å². The van der Waals surface area contributed by atoms with Crippen molar-refractivity contribution < 1.29 is 27.9 Å². The smallest absolute Gasteiger partial charge is 0.396 e. The second-order valence-electron chi connectivity index (χ2n) is 5.56. The molecule has 2 aromatic rings. The van der Waals surface area contributed by atoms with Crippen LogP contribution >= 0.6 is 34.2 Å². The molecule has 136 valence electrons. The first-order chi connectivity index (χ1) is 12.1. The summed E-state index contributed by atoms with van der Waals surface area (Å²) >= 11 is 7.74. The number of hydrogen-bond acceptors (Lipinski definition) is 3. The predicted octanol–water partition coefficient (Wildman–Crippen LogP) is 4.47. The molecule has 0 spiro atoms. The third-order valence-corrected chi connectivity index (χ3v) is 5.12. The van der Waals surface area contributed by atoms with Gasteiger partial charge in [0.05, 0.1) is 22.9 Å². The molecule has 2 atom stereocenters. The Bertz CT molecular complexity index is 981. The van der Waals surface area contributed by atoms with E-state index in [1.807, 2.05) is 22.6 Å². The van der Waals surface area contributed by atoms with E-state index in [1.54, 1.807) is 0 Å². The minimum atomic E-state index is -4.67. The van der Waals surface area contributed by atoms with Gasteiger partial charge in [-0.3, -0.25) is 4.79 Å². The van der Waals surface area contributed by atoms with E-state index in [4.69, 9.17) is 16.7 Å². The molecule has 1 aliphatic carbocycles. The standard InChI is InChI=1S/C16H9ClF3IN2O3/c17-10-3-1-2-9(16(18,19)20)12(10)14(24)23-11-6-7(15(25)26)4-5-8(11)13(21)22-23/h1-6,9,12H,(H,25,26). The molecule has 3 rings (SSSR count). The molecule has 0 bridgehead atoms. The zero-order chi connectivity index (χ0) is 19.2. The summed E-state index contributed by atoms with van der Waals surface area (Å²) in [7, 11) is 0. The zero-order valence-corrected chi connectivity index (χ0v) is 15.6. The quantitative estimate of drug-likeness (QED) is 0.623. The van der Waals surface area contributed by atoms with Crippen LogP contribution in [0.15, 0.2) is 41.5 Å². The highest BCUT2D eigenvalue weighted by molar-refractivity contribution is 14.1. The number of alkyl halides is 3. The van der Waals surface area contributed by atoms with Crippen molar-refractivity contribution in [3.63, 3.8) is 0 Å². The lowest BCUT2D eigenvalue weighted by atomic mass is 9.86. The number of benzene rings is 1. The second kappa shape index (κ2) is 6.69. The van der Waals surface area contributed by atoms with Crippen molar-refractivity contribution in [2.45, 2.75) is 6.18 Å². The van der Waals surface area contributed by atoms with E-state index < -0.39 is 29.9 Å². The number of fused-ring (bicyclic) bond motifs is 1. The van der Waals surface area contributed by atoms with Crippen molar-refractivity contribution in [3.05, 3.63) is 50.7 Å². The van der Waals surface area contributed by atoms with Crippen LogP contribution in [0.25, 0.3) is 10.9 Å². The summed E-state index contributed by atoms with van der Waals surface area (Å²) in [5.74, 6) is -5.98. The summed E-state index contributed by atoms with van der Waals surface area (Å²) in [6, 6.07) is 3.98. The number of hydrogen-bond donors (Lipinski definition) is 1. The summed E-state index contributed by atoms with van der Waals surface area (Å²) in [5, 5.41) is 13.3. The van der Waals surface area contributed by atoms with Crippen LogP contribution in [0.2, 0.25) is 0 Å². The van der Waals surface area contributed by atoms with Crippen LogP contribution < -0.4 is 0 Å². The number of halogens is 5. The van der Waals surface area contributed by atoms with Crippen LogP contribution in [0.1, 0.15) is 15.2 Å². The van der Waals surface area contributed by atoms with Crippen LogP contribution in [0, 0.1) is 15.5 Å². The van der Waals surface area contributed by atoms with Gasteiger partial charge in [-0.25, -0.2) is 4.79 Å². The molecule has 1 heterocycles. The molecule has 0 saturated carbocycles. The number of carboxylic acid groups (broad SMARTS) is 1. The Morgan fingerprint density at radius 1 is 1.31 bits per heavy atom. The second-order valence-corrected chi connectivity index (χ2v) is 7.02. The van der Waals surface area contributed by atoms with Crippen molar-refractivity contribution in [2.24, 2.45) is 11.8 Å². The van der Waals surface area contributed by atoms with Crippen LogP contribution in [0.3, 0.4) is 0 Å². The van der Waals surface area contributed by atoms with Crippen LogP contribution in [0.4, 0.5) is 13.2 Å². The highest BCUT2D eigenvalue weighted by Gasteiger charge is 2.48. The minimum Gasteiger partial charge on any atom is -0.478 e. The highest BCUT2D eigenvalue weighted by atomic mass is 127. The lowest BCUT2D eigenvalue weighted by Gasteiger charge is -2.27. The predicted molar refractivity (Wildman–Crippen MR) is 96.1 cm³/mol. The average molecular weight is 497 g/mol. The summed E-state index contributed by atoms with van der Waals surface area (Å²) < 4.78 is 41.1. The number of aromatic nitrogens is 2. The molecule has 10 heteroatoms. The zero-order valence-electron chi connectivity index (χ0n) is 12.7. The Morgan fingerprint density at radius 2 is 2.00 bits per heavy atom. The van der Waals surface area contributed by atoms with E-state index in [1.165, 1.54) is 24.3 Å². The number of carbonyl (C=O) groups is 2. The van der Waals surface area contributed by atoms with E-state index >= 15 is 0 Å². The Balaban J connectivity index is 2.14. The molecule has 1 aromatic heterocycles. The van der Waals surface area contributed by atoms with Gasteiger partial charge < -0.3 is 5.11 Å². The van der Waals surface area contributed by atoms with Gasteiger partial charge in [0.1, 0.15) is 3.70 Å².